The second kappa shape index (κ2) is 6.92. The third-order valence-electron chi connectivity index (χ3n) is 1.67. The summed E-state index contributed by atoms with van der Waals surface area (Å²) in [6, 6.07) is 0. The predicted molar refractivity (Wildman–Crippen MR) is 66.7 cm³/mol. The van der Waals surface area contributed by atoms with Gasteiger partial charge in [0.2, 0.25) is 0 Å². The van der Waals surface area contributed by atoms with Crippen molar-refractivity contribution in [2.75, 3.05) is 11.9 Å². The molecule has 6 nitrogen and oxygen atoms in total. The SMILES string of the molecule is C.CCOC(=O)NC(=S)Nc1[nH]ncc1C(F)(F)F. The Morgan fingerprint density at radius 1 is 1.58 bits per heavy atom. The monoisotopic (exact) mass is 298 g/mol. The van der Waals surface area contributed by atoms with Crippen molar-refractivity contribution < 1.29 is 22.7 Å². The highest BCUT2D eigenvalue weighted by molar-refractivity contribution is 7.80. The predicted octanol–water partition coefficient (Wildman–Crippen LogP) is 2.51. The largest absolute Gasteiger partial charge is 0.450 e. The van der Waals surface area contributed by atoms with Crippen molar-refractivity contribution in [3.8, 4) is 0 Å². The number of ether oxygens (including phenoxy) is 1. The fraction of sp³-hybridized carbons (Fsp3) is 0.444. The Kier molecular flexibility index (Phi) is 6.25. The lowest BCUT2D eigenvalue weighted by Crippen LogP contribution is -2.35. The minimum atomic E-state index is -4.57. The van der Waals surface area contributed by atoms with Crippen LogP contribution in [-0.4, -0.2) is 28.0 Å². The molecule has 0 saturated carbocycles. The molecule has 1 amide bonds. The molecule has 0 aromatic carbocycles. The number of rotatable bonds is 2. The summed E-state index contributed by atoms with van der Waals surface area (Å²) >= 11 is 4.64. The molecule has 1 heterocycles. The smallest absolute Gasteiger partial charge is 0.421 e. The number of thiocarbonyl (C=S) groups is 1. The van der Waals surface area contributed by atoms with E-state index in [2.05, 4.69) is 32.5 Å². The van der Waals surface area contributed by atoms with Gasteiger partial charge in [-0.05, 0) is 19.1 Å². The molecule has 108 valence electrons. The number of nitrogens with one attached hydrogen (secondary N) is 3. The van der Waals surface area contributed by atoms with Gasteiger partial charge in [-0.2, -0.15) is 18.3 Å². The average Bonchev–Trinajstić information content (AvgIpc) is 2.64. The van der Waals surface area contributed by atoms with Crippen LogP contribution in [0.3, 0.4) is 0 Å². The number of hydrogen-bond donors (Lipinski definition) is 3. The molecular formula is C9H13F3N4O2S. The zero-order chi connectivity index (χ0) is 13.8. The number of carbonyl (C=O) groups excluding carboxylic acids is 1. The van der Waals surface area contributed by atoms with E-state index in [1.807, 2.05) is 5.32 Å². The normalized spacial score (nSPS) is 10.3. The summed E-state index contributed by atoms with van der Waals surface area (Å²) in [7, 11) is 0. The first kappa shape index (κ1) is 17.2. The van der Waals surface area contributed by atoms with Crippen molar-refractivity contribution in [3.05, 3.63) is 11.8 Å². The molecule has 0 atom stereocenters. The number of anilines is 1. The summed E-state index contributed by atoms with van der Waals surface area (Å²) in [5.41, 5.74) is -1.02. The number of hydrogen-bond acceptors (Lipinski definition) is 4. The molecule has 10 heteroatoms. The Morgan fingerprint density at radius 3 is 2.74 bits per heavy atom. The highest BCUT2D eigenvalue weighted by Gasteiger charge is 2.35. The van der Waals surface area contributed by atoms with E-state index in [1.54, 1.807) is 6.92 Å². The van der Waals surface area contributed by atoms with Crippen LogP contribution in [0.1, 0.15) is 19.9 Å². The summed E-state index contributed by atoms with van der Waals surface area (Å²) < 4.78 is 41.9. The van der Waals surface area contributed by atoms with Crippen LogP contribution in [0.4, 0.5) is 23.8 Å². The van der Waals surface area contributed by atoms with Gasteiger partial charge < -0.3 is 10.1 Å². The average molecular weight is 298 g/mol. The van der Waals surface area contributed by atoms with Crippen molar-refractivity contribution in [1.82, 2.24) is 15.5 Å². The molecule has 0 unspecified atom stereocenters. The highest BCUT2D eigenvalue weighted by atomic mass is 32.1. The van der Waals surface area contributed by atoms with E-state index in [-0.39, 0.29) is 19.1 Å². The Labute approximate surface area is 112 Å². The van der Waals surface area contributed by atoms with Crippen molar-refractivity contribution >= 4 is 29.2 Å². The first-order valence-corrected chi connectivity index (χ1v) is 5.10. The molecule has 0 bridgehead atoms. The van der Waals surface area contributed by atoms with Crippen molar-refractivity contribution in [3.63, 3.8) is 0 Å². The highest BCUT2D eigenvalue weighted by Crippen LogP contribution is 2.33. The maximum absolute atomic E-state index is 12.5. The number of aromatic amines is 1. The maximum Gasteiger partial charge on any atom is 0.421 e. The Balaban J connectivity index is 0.00000324. The molecule has 0 fully saturated rings. The van der Waals surface area contributed by atoms with Gasteiger partial charge in [0, 0.05) is 0 Å². The van der Waals surface area contributed by atoms with Gasteiger partial charge >= 0.3 is 12.3 Å². The van der Waals surface area contributed by atoms with Gasteiger partial charge in [-0.1, -0.05) is 7.43 Å². The summed E-state index contributed by atoms with van der Waals surface area (Å²) in [5.74, 6) is -0.454. The fourth-order valence-electron chi connectivity index (χ4n) is 1.00. The summed E-state index contributed by atoms with van der Waals surface area (Å²) in [4.78, 5) is 11.0. The molecule has 0 aliphatic carbocycles. The number of H-pyrrole nitrogens is 1. The minimum Gasteiger partial charge on any atom is -0.450 e. The number of carbonyl (C=O) groups is 1. The summed E-state index contributed by atoms with van der Waals surface area (Å²) in [6.07, 6.45) is -4.83. The zero-order valence-corrected chi connectivity index (χ0v) is 9.91. The second-order valence-electron chi connectivity index (χ2n) is 2.96. The Hall–Kier alpha value is -1.84. The minimum absolute atomic E-state index is 0. The molecule has 19 heavy (non-hydrogen) atoms. The van der Waals surface area contributed by atoms with E-state index in [0.717, 1.165) is 0 Å². The third kappa shape index (κ3) is 5.12. The van der Waals surface area contributed by atoms with Crippen LogP contribution >= 0.6 is 12.2 Å². The lowest BCUT2D eigenvalue weighted by Gasteiger charge is -2.10. The van der Waals surface area contributed by atoms with E-state index in [1.165, 1.54) is 0 Å². The number of amides is 1. The van der Waals surface area contributed by atoms with Crippen LogP contribution in [0.25, 0.3) is 0 Å². The Morgan fingerprint density at radius 2 is 2.21 bits per heavy atom. The lowest BCUT2D eigenvalue weighted by atomic mass is 10.3. The molecule has 0 aliphatic rings. The molecule has 0 spiro atoms. The van der Waals surface area contributed by atoms with Crippen LogP contribution in [0.2, 0.25) is 0 Å². The van der Waals surface area contributed by atoms with Gasteiger partial charge in [-0.15, -0.1) is 0 Å². The standard InChI is InChI=1S/C8H9F3N4O2S.CH4/c1-2-17-7(16)14-6(18)13-5-4(3-12-15-5)8(9,10)11;/h3H,2H2,1H3,(H3,12,13,14,15,16,18);1H4. The van der Waals surface area contributed by atoms with Gasteiger partial charge in [0.15, 0.2) is 5.11 Å². The van der Waals surface area contributed by atoms with E-state index < -0.39 is 23.7 Å². The lowest BCUT2D eigenvalue weighted by molar-refractivity contribution is -0.136. The molecule has 1 aromatic rings. The van der Waals surface area contributed by atoms with E-state index in [0.29, 0.717) is 6.20 Å². The quantitative estimate of drug-likeness (QED) is 0.731. The molecule has 1 aromatic heterocycles. The van der Waals surface area contributed by atoms with Crippen LogP contribution in [0, 0.1) is 0 Å². The molecule has 0 radical (unpaired) electrons. The number of aromatic nitrogens is 2. The number of nitrogens with zero attached hydrogens (tertiary/aromatic N) is 1. The molecule has 0 aliphatic heterocycles. The molecular weight excluding hydrogens is 285 g/mol. The Bertz CT molecular complexity index is 447. The number of alkyl carbamates (subject to hydrolysis) is 1. The second-order valence-corrected chi connectivity index (χ2v) is 3.36. The van der Waals surface area contributed by atoms with Crippen molar-refractivity contribution in [1.29, 1.82) is 0 Å². The summed E-state index contributed by atoms with van der Waals surface area (Å²) in [5, 5.41) is 9.21. The van der Waals surface area contributed by atoms with Gasteiger partial charge in [-0.25, -0.2) is 4.79 Å². The topological polar surface area (TPSA) is 79.0 Å². The van der Waals surface area contributed by atoms with Crippen LogP contribution in [0.15, 0.2) is 6.20 Å². The van der Waals surface area contributed by atoms with Gasteiger partial charge in [0.05, 0.1) is 12.8 Å². The van der Waals surface area contributed by atoms with Gasteiger partial charge in [-0.3, -0.25) is 10.4 Å². The zero-order valence-electron chi connectivity index (χ0n) is 9.09. The van der Waals surface area contributed by atoms with Gasteiger partial charge in [0.25, 0.3) is 0 Å². The number of alkyl halides is 3. The molecule has 0 saturated heterocycles. The van der Waals surface area contributed by atoms with Crippen LogP contribution in [0.5, 0.6) is 0 Å². The van der Waals surface area contributed by atoms with E-state index in [4.69, 9.17) is 0 Å². The number of halogens is 3. The third-order valence-corrected chi connectivity index (χ3v) is 1.88. The fourth-order valence-corrected chi connectivity index (χ4v) is 1.19. The van der Waals surface area contributed by atoms with Crippen molar-refractivity contribution in [2.45, 2.75) is 20.5 Å². The first-order chi connectivity index (χ1) is 8.34. The van der Waals surface area contributed by atoms with Crippen LogP contribution in [-0.2, 0) is 10.9 Å². The molecule has 1 rings (SSSR count). The van der Waals surface area contributed by atoms with Gasteiger partial charge in [0.1, 0.15) is 11.4 Å². The maximum atomic E-state index is 12.5. The van der Waals surface area contributed by atoms with E-state index in [9.17, 15) is 18.0 Å². The summed E-state index contributed by atoms with van der Waals surface area (Å²) in [6.45, 7) is 1.69. The van der Waals surface area contributed by atoms with E-state index >= 15 is 0 Å². The van der Waals surface area contributed by atoms with Crippen molar-refractivity contribution in [2.24, 2.45) is 0 Å². The molecule has 3 N–H and O–H groups in total. The first-order valence-electron chi connectivity index (χ1n) is 4.70. The van der Waals surface area contributed by atoms with Crippen LogP contribution < -0.4 is 10.6 Å².